The SMILES string of the molecule is CCC(C)C(NC(=O)CNC(=O)CNC(=O)C(C)NC(=O)C(C)N)C(=O)O. The summed E-state index contributed by atoms with van der Waals surface area (Å²) in [5.74, 6) is -3.81. The molecule has 0 aliphatic carbocycles. The van der Waals surface area contributed by atoms with Crippen molar-refractivity contribution in [2.75, 3.05) is 13.1 Å². The molecule has 0 heterocycles. The van der Waals surface area contributed by atoms with Gasteiger partial charge in [0.2, 0.25) is 23.6 Å². The third kappa shape index (κ3) is 9.54. The highest BCUT2D eigenvalue weighted by molar-refractivity contribution is 5.92. The van der Waals surface area contributed by atoms with Gasteiger partial charge < -0.3 is 32.1 Å². The average Bonchev–Trinajstić information content (AvgIpc) is 2.60. The van der Waals surface area contributed by atoms with E-state index >= 15 is 0 Å². The van der Waals surface area contributed by atoms with E-state index in [2.05, 4.69) is 21.3 Å². The van der Waals surface area contributed by atoms with Crippen LogP contribution in [-0.2, 0) is 24.0 Å². The number of aliphatic carboxylic acids is 1. The molecule has 0 saturated carbocycles. The smallest absolute Gasteiger partial charge is 0.326 e. The van der Waals surface area contributed by atoms with Crippen LogP contribution in [0.15, 0.2) is 0 Å². The Hall–Kier alpha value is -2.69. The molecule has 0 bridgehead atoms. The molecule has 4 atom stereocenters. The first-order valence-electron chi connectivity index (χ1n) is 8.62. The molecule has 7 N–H and O–H groups in total. The van der Waals surface area contributed by atoms with Crippen LogP contribution in [0.1, 0.15) is 34.1 Å². The first-order valence-corrected chi connectivity index (χ1v) is 8.62. The van der Waals surface area contributed by atoms with Gasteiger partial charge in [-0.3, -0.25) is 19.2 Å². The molecule has 0 aliphatic heterocycles. The van der Waals surface area contributed by atoms with Gasteiger partial charge in [0.15, 0.2) is 0 Å². The molecule has 0 rings (SSSR count). The number of rotatable bonds is 11. The molecule has 11 nitrogen and oxygen atoms in total. The largest absolute Gasteiger partial charge is 0.480 e. The van der Waals surface area contributed by atoms with E-state index in [1.807, 2.05) is 0 Å². The summed E-state index contributed by atoms with van der Waals surface area (Å²) in [6.07, 6.45) is 0.563. The highest BCUT2D eigenvalue weighted by Gasteiger charge is 2.25. The second-order valence-corrected chi connectivity index (χ2v) is 6.28. The summed E-state index contributed by atoms with van der Waals surface area (Å²) in [6.45, 7) is 5.56. The van der Waals surface area contributed by atoms with Gasteiger partial charge in [0.25, 0.3) is 0 Å². The number of carbonyl (C=O) groups excluding carboxylic acids is 4. The lowest BCUT2D eigenvalue weighted by molar-refractivity contribution is -0.143. The van der Waals surface area contributed by atoms with Crippen molar-refractivity contribution in [3.63, 3.8) is 0 Å². The molecule has 0 fully saturated rings. The molecule has 11 heteroatoms. The average molecular weight is 387 g/mol. The van der Waals surface area contributed by atoms with Crippen LogP contribution in [0, 0.1) is 5.92 Å². The Labute approximate surface area is 157 Å². The van der Waals surface area contributed by atoms with Crippen LogP contribution in [0.3, 0.4) is 0 Å². The summed E-state index contributed by atoms with van der Waals surface area (Å²) < 4.78 is 0. The maximum absolute atomic E-state index is 11.8. The maximum atomic E-state index is 11.8. The van der Waals surface area contributed by atoms with E-state index in [4.69, 9.17) is 10.8 Å². The van der Waals surface area contributed by atoms with Crippen LogP contribution in [0.2, 0.25) is 0 Å². The van der Waals surface area contributed by atoms with Crippen LogP contribution >= 0.6 is 0 Å². The maximum Gasteiger partial charge on any atom is 0.326 e. The van der Waals surface area contributed by atoms with Crippen molar-refractivity contribution in [1.29, 1.82) is 0 Å². The second kappa shape index (κ2) is 11.8. The van der Waals surface area contributed by atoms with Gasteiger partial charge in [0, 0.05) is 0 Å². The number of amides is 4. The monoisotopic (exact) mass is 387 g/mol. The molecule has 0 radical (unpaired) electrons. The quantitative estimate of drug-likeness (QED) is 0.230. The Balaban J connectivity index is 4.29. The van der Waals surface area contributed by atoms with Gasteiger partial charge in [-0.25, -0.2) is 4.79 Å². The molecule has 0 spiro atoms. The van der Waals surface area contributed by atoms with Crippen molar-refractivity contribution >= 4 is 29.6 Å². The summed E-state index contributed by atoms with van der Waals surface area (Å²) in [5, 5.41) is 18.4. The summed E-state index contributed by atoms with van der Waals surface area (Å²) in [4.78, 5) is 57.8. The van der Waals surface area contributed by atoms with Gasteiger partial charge in [-0.15, -0.1) is 0 Å². The van der Waals surface area contributed by atoms with Gasteiger partial charge >= 0.3 is 5.97 Å². The zero-order valence-corrected chi connectivity index (χ0v) is 16.0. The van der Waals surface area contributed by atoms with E-state index < -0.39 is 60.8 Å². The normalized spacial score (nSPS) is 14.9. The number of nitrogens with two attached hydrogens (primary N) is 1. The number of carbonyl (C=O) groups is 5. The third-order valence-electron chi connectivity index (χ3n) is 3.83. The lowest BCUT2D eigenvalue weighted by atomic mass is 9.99. The molecule has 0 aromatic heterocycles. The van der Waals surface area contributed by atoms with Crippen molar-refractivity contribution in [2.24, 2.45) is 11.7 Å². The van der Waals surface area contributed by atoms with Crippen LogP contribution < -0.4 is 27.0 Å². The molecule has 4 unspecified atom stereocenters. The fourth-order valence-corrected chi connectivity index (χ4v) is 1.88. The van der Waals surface area contributed by atoms with E-state index in [-0.39, 0.29) is 5.92 Å². The molecule has 0 aliphatic rings. The Bertz CT molecular complexity index is 566. The predicted molar refractivity (Wildman–Crippen MR) is 96.3 cm³/mol. The number of hydrogen-bond acceptors (Lipinski definition) is 6. The van der Waals surface area contributed by atoms with Crippen LogP contribution in [-0.4, -0.2) is 65.9 Å². The minimum Gasteiger partial charge on any atom is -0.480 e. The fourth-order valence-electron chi connectivity index (χ4n) is 1.88. The van der Waals surface area contributed by atoms with E-state index in [1.165, 1.54) is 13.8 Å². The Morgan fingerprint density at radius 3 is 1.93 bits per heavy atom. The van der Waals surface area contributed by atoms with Crippen LogP contribution in [0.4, 0.5) is 0 Å². The fraction of sp³-hybridized carbons (Fsp3) is 0.688. The number of nitrogens with one attached hydrogen (secondary N) is 4. The molecule has 0 saturated heterocycles. The van der Waals surface area contributed by atoms with Gasteiger partial charge in [-0.2, -0.15) is 0 Å². The highest BCUT2D eigenvalue weighted by atomic mass is 16.4. The second-order valence-electron chi connectivity index (χ2n) is 6.28. The number of carboxylic acid groups (broad SMARTS) is 1. The number of hydrogen-bond donors (Lipinski definition) is 6. The highest BCUT2D eigenvalue weighted by Crippen LogP contribution is 2.07. The molecular weight excluding hydrogens is 358 g/mol. The van der Waals surface area contributed by atoms with Crippen molar-refractivity contribution < 1.29 is 29.1 Å². The van der Waals surface area contributed by atoms with Crippen molar-refractivity contribution in [2.45, 2.75) is 52.2 Å². The molecular formula is C16H29N5O6. The van der Waals surface area contributed by atoms with Crippen molar-refractivity contribution in [3.8, 4) is 0 Å². The van der Waals surface area contributed by atoms with Crippen molar-refractivity contribution in [3.05, 3.63) is 0 Å². The molecule has 0 aromatic carbocycles. The zero-order chi connectivity index (χ0) is 21.1. The Morgan fingerprint density at radius 1 is 0.889 bits per heavy atom. The topological polar surface area (TPSA) is 180 Å². The van der Waals surface area contributed by atoms with Gasteiger partial charge in [-0.05, 0) is 19.8 Å². The first-order chi connectivity index (χ1) is 12.5. The Morgan fingerprint density at radius 2 is 1.44 bits per heavy atom. The standard InChI is InChI=1S/C16H29N5O6/c1-5-8(2)13(16(26)27)21-12(23)7-18-11(22)6-19-15(25)10(4)20-14(24)9(3)17/h8-10,13H,5-7,17H2,1-4H3,(H,18,22)(H,19,25)(H,20,24)(H,21,23)(H,26,27). The number of carboxylic acids is 1. The molecule has 27 heavy (non-hydrogen) atoms. The van der Waals surface area contributed by atoms with Gasteiger partial charge in [0.05, 0.1) is 19.1 Å². The van der Waals surface area contributed by atoms with Crippen LogP contribution in [0.5, 0.6) is 0 Å². The first kappa shape index (κ1) is 24.3. The van der Waals surface area contributed by atoms with E-state index in [0.717, 1.165) is 0 Å². The zero-order valence-electron chi connectivity index (χ0n) is 16.0. The summed E-state index contributed by atoms with van der Waals surface area (Å²) >= 11 is 0. The van der Waals surface area contributed by atoms with E-state index in [9.17, 15) is 24.0 Å². The predicted octanol–water partition coefficient (Wildman–Crippen LogP) is -2.31. The van der Waals surface area contributed by atoms with Gasteiger partial charge in [-0.1, -0.05) is 20.3 Å². The van der Waals surface area contributed by atoms with E-state index in [1.54, 1.807) is 13.8 Å². The Kier molecular flexibility index (Phi) is 10.7. The van der Waals surface area contributed by atoms with Gasteiger partial charge in [0.1, 0.15) is 12.1 Å². The lowest BCUT2D eigenvalue weighted by Crippen LogP contribution is -2.52. The molecule has 154 valence electrons. The summed E-state index contributed by atoms with van der Waals surface area (Å²) in [7, 11) is 0. The summed E-state index contributed by atoms with van der Waals surface area (Å²) in [5.41, 5.74) is 5.37. The molecule has 0 aromatic rings. The lowest BCUT2D eigenvalue weighted by Gasteiger charge is -2.20. The third-order valence-corrected chi connectivity index (χ3v) is 3.83. The van der Waals surface area contributed by atoms with E-state index in [0.29, 0.717) is 6.42 Å². The minimum absolute atomic E-state index is 0.269. The summed E-state index contributed by atoms with van der Waals surface area (Å²) in [6, 6.07) is -2.70. The van der Waals surface area contributed by atoms with Crippen molar-refractivity contribution in [1.82, 2.24) is 21.3 Å². The van der Waals surface area contributed by atoms with Crippen LogP contribution in [0.25, 0.3) is 0 Å². The molecule has 4 amide bonds. The minimum atomic E-state index is -1.15.